The third-order valence-electron chi connectivity index (χ3n) is 4.12. The van der Waals surface area contributed by atoms with Crippen molar-refractivity contribution in [1.82, 2.24) is 4.90 Å². The molecule has 0 N–H and O–H groups in total. The summed E-state index contributed by atoms with van der Waals surface area (Å²) in [6, 6.07) is 9.66. The van der Waals surface area contributed by atoms with Gasteiger partial charge in [0.2, 0.25) is 0 Å². The molecule has 2 nitrogen and oxygen atoms in total. The van der Waals surface area contributed by atoms with Crippen molar-refractivity contribution in [3.8, 4) is 0 Å². The van der Waals surface area contributed by atoms with Crippen LogP contribution in [0, 0.1) is 0 Å². The van der Waals surface area contributed by atoms with Gasteiger partial charge in [-0.15, -0.1) is 0 Å². The highest BCUT2D eigenvalue weighted by Gasteiger charge is 2.44. The molecule has 1 aromatic carbocycles. The molecule has 2 heteroatoms. The van der Waals surface area contributed by atoms with Gasteiger partial charge < -0.3 is 4.90 Å². The van der Waals surface area contributed by atoms with Crippen molar-refractivity contribution in [3.05, 3.63) is 35.4 Å². The molecule has 0 amide bonds. The van der Waals surface area contributed by atoms with Crippen LogP contribution >= 0.6 is 0 Å². The zero-order valence-electron chi connectivity index (χ0n) is 8.69. The molecule has 0 radical (unpaired) electrons. The van der Waals surface area contributed by atoms with Crippen molar-refractivity contribution in [2.24, 2.45) is 4.99 Å². The molecule has 15 heavy (non-hydrogen) atoms. The molecule has 3 aliphatic rings. The quantitative estimate of drug-likeness (QED) is 0.621. The lowest BCUT2D eigenvalue weighted by Gasteiger charge is -2.21. The predicted molar refractivity (Wildman–Crippen MR) is 60.3 cm³/mol. The summed E-state index contributed by atoms with van der Waals surface area (Å²) in [7, 11) is 0. The van der Waals surface area contributed by atoms with Gasteiger partial charge in [0, 0.05) is 24.9 Å². The Morgan fingerprint density at radius 1 is 1.20 bits per heavy atom. The minimum absolute atomic E-state index is 0.726. The smallest absolute Gasteiger partial charge is 0.1000 e. The van der Waals surface area contributed by atoms with E-state index in [2.05, 4.69) is 34.2 Å². The summed E-state index contributed by atoms with van der Waals surface area (Å²) in [6.45, 7) is 2.18. The maximum atomic E-state index is 4.60. The average molecular weight is 198 g/mol. The van der Waals surface area contributed by atoms with Gasteiger partial charge in [0.15, 0.2) is 0 Å². The van der Waals surface area contributed by atoms with Crippen molar-refractivity contribution in [1.29, 1.82) is 0 Å². The monoisotopic (exact) mass is 198 g/mol. The second kappa shape index (κ2) is 2.63. The average Bonchev–Trinajstić information content (AvgIpc) is 2.87. The normalized spacial score (nSPS) is 31.2. The summed E-state index contributed by atoms with van der Waals surface area (Å²) in [5, 5.41) is 0. The van der Waals surface area contributed by atoms with E-state index in [1.165, 1.54) is 18.7 Å². The highest BCUT2D eigenvalue weighted by Crippen LogP contribution is 2.44. The van der Waals surface area contributed by atoms with E-state index in [0.717, 1.165) is 25.0 Å². The molecule has 2 atom stereocenters. The van der Waals surface area contributed by atoms with Gasteiger partial charge in [0.05, 0.1) is 12.4 Å². The summed E-state index contributed by atoms with van der Waals surface area (Å²) in [4.78, 5) is 7.14. The van der Waals surface area contributed by atoms with E-state index >= 15 is 0 Å². The summed E-state index contributed by atoms with van der Waals surface area (Å²) in [5.41, 5.74) is 3.15. The molecule has 2 aliphatic heterocycles. The second-order valence-electron chi connectivity index (χ2n) is 4.77. The molecule has 76 valence electrons. The van der Waals surface area contributed by atoms with E-state index in [0.29, 0.717) is 0 Å². The lowest BCUT2D eigenvalue weighted by molar-refractivity contribution is 0.350. The zero-order valence-corrected chi connectivity index (χ0v) is 8.69. The molecule has 0 aromatic heterocycles. The van der Waals surface area contributed by atoms with Gasteiger partial charge in [0.1, 0.15) is 0 Å². The number of benzene rings is 1. The van der Waals surface area contributed by atoms with Crippen LogP contribution in [0.5, 0.6) is 0 Å². The van der Waals surface area contributed by atoms with E-state index < -0.39 is 0 Å². The van der Waals surface area contributed by atoms with E-state index in [1.54, 1.807) is 11.1 Å². The Kier molecular flexibility index (Phi) is 1.39. The molecule has 0 spiro atoms. The number of amidine groups is 1. The van der Waals surface area contributed by atoms with Crippen molar-refractivity contribution < 1.29 is 0 Å². The first-order valence-electron chi connectivity index (χ1n) is 5.81. The minimum Gasteiger partial charge on any atom is -0.355 e. The van der Waals surface area contributed by atoms with Crippen LogP contribution in [-0.2, 0) is 6.42 Å². The lowest BCUT2D eigenvalue weighted by Crippen LogP contribution is -2.32. The van der Waals surface area contributed by atoms with Crippen molar-refractivity contribution in [3.63, 3.8) is 0 Å². The van der Waals surface area contributed by atoms with Gasteiger partial charge in [-0.05, 0) is 17.5 Å². The van der Waals surface area contributed by atoms with Gasteiger partial charge in [-0.2, -0.15) is 0 Å². The molecule has 0 bridgehead atoms. The number of aliphatic imine (C=N–C) groups is 1. The van der Waals surface area contributed by atoms with Gasteiger partial charge >= 0.3 is 0 Å². The summed E-state index contributed by atoms with van der Waals surface area (Å²) >= 11 is 0. The topological polar surface area (TPSA) is 15.6 Å². The van der Waals surface area contributed by atoms with E-state index in [1.807, 2.05) is 0 Å². The Bertz CT molecular complexity index is 450. The molecule has 0 saturated carbocycles. The number of nitrogens with zero attached hydrogens (tertiary/aromatic N) is 2. The molecule has 1 aliphatic carbocycles. The molecular formula is C13H14N2. The fourth-order valence-corrected chi connectivity index (χ4v) is 3.47. The fourth-order valence-electron chi connectivity index (χ4n) is 3.47. The molecule has 2 heterocycles. The third kappa shape index (κ3) is 0.921. The summed E-state index contributed by atoms with van der Waals surface area (Å²) in [6.07, 6.45) is 2.42. The molecule has 4 rings (SSSR count). The number of hydrogen-bond donors (Lipinski definition) is 0. The minimum atomic E-state index is 0.726. The first kappa shape index (κ1) is 7.91. The first-order chi connectivity index (χ1) is 7.43. The largest absolute Gasteiger partial charge is 0.355 e. The van der Waals surface area contributed by atoms with Gasteiger partial charge in [0.25, 0.3) is 0 Å². The van der Waals surface area contributed by atoms with Crippen LogP contribution < -0.4 is 0 Å². The van der Waals surface area contributed by atoms with Gasteiger partial charge in [-0.1, -0.05) is 24.3 Å². The standard InChI is InChI=1S/C13H14N2/c1-2-4-10-9(3-1)7-12-11(10)8-13-14-5-6-15(12)13/h1-4,11-12H,5-8H2/t11-,12-/m0/s1. The van der Waals surface area contributed by atoms with Crippen LogP contribution in [0.4, 0.5) is 0 Å². The highest BCUT2D eigenvalue weighted by atomic mass is 15.3. The highest BCUT2D eigenvalue weighted by molar-refractivity contribution is 5.88. The number of hydrogen-bond acceptors (Lipinski definition) is 2. The maximum absolute atomic E-state index is 4.60. The van der Waals surface area contributed by atoms with Gasteiger partial charge in [-0.25, -0.2) is 0 Å². The molecule has 0 unspecified atom stereocenters. The van der Waals surface area contributed by atoms with E-state index in [9.17, 15) is 0 Å². The molecule has 1 saturated heterocycles. The Labute approximate surface area is 89.6 Å². The van der Waals surface area contributed by atoms with Gasteiger partial charge in [-0.3, -0.25) is 4.99 Å². The third-order valence-corrected chi connectivity index (χ3v) is 4.12. The van der Waals surface area contributed by atoms with Crippen molar-refractivity contribution in [2.75, 3.05) is 13.1 Å². The van der Waals surface area contributed by atoms with Crippen LogP contribution in [0.3, 0.4) is 0 Å². The zero-order chi connectivity index (χ0) is 9.83. The first-order valence-corrected chi connectivity index (χ1v) is 5.81. The molecular weight excluding hydrogens is 184 g/mol. The summed E-state index contributed by atoms with van der Waals surface area (Å²) < 4.78 is 0. The van der Waals surface area contributed by atoms with Crippen LogP contribution in [0.2, 0.25) is 0 Å². The Morgan fingerprint density at radius 2 is 2.13 bits per heavy atom. The number of rotatable bonds is 0. The summed E-state index contributed by atoms with van der Waals surface area (Å²) in [5.74, 6) is 2.11. The maximum Gasteiger partial charge on any atom is 0.1000 e. The Hall–Kier alpha value is -1.31. The molecule has 1 fully saturated rings. The van der Waals surface area contributed by atoms with Crippen LogP contribution in [-0.4, -0.2) is 29.9 Å². The molecule has 1 aromatic rings. The number of fused-ring (bicyclic) bond motifs is 5. The Morgan fingerprint density at radius 3 is 3.13 bits per heavy atom. The van der Waals surface area contributed by atoms with Crippen LogP contribution in [0.15, 0.2) is 29.3 Å². The predicted octanol–water partition coefficient (Wildman–Crippen LogP) is 1.81. The van der Waals surface area contributed by atoms with Crippen molar-refractivity contribution in [2.45, 2.75) is 24.8 Å². The fraction of sp³-hybridized carbons (Fsp3) is 0.462. The SMILES string of the molecule is c1ccc2c(c1)C[C@H]1[C@H]2CC2=NCCN21. The Balaban J connectivity index is 1.80. The van der Waals surface area contributed by atoms with Crippen LogP contribution in [0.1, 0.15) is 23.5 Å². The van der Waals surface area contributed by atoms with Crippen LogP contribution in [0.25, 0.3) is 0 Å². The lowest BCUT2D eigenvalue weighted by atomic mass is 9.98. The van der Waals surface area contributed by atoms with E-state index in [4.69, 9.17) is 0 Å². The second-order valence-corrected chi connectivity index (χ2v) is 4.77. The van der Waals surface area contributed by atoms with E-state index in [-0.39, 0.29) is 0 Å². The van der Waals surface area contributed by atoms with Crippen molar-refractivity contribution >= 4 is 5.84 Å².